The van der Waals surface area contributed by atoms with Crippen LogP contribution in [0, 0.1) is 0 Å². The minimum atomic E-state index is -0.381. The number of carbonyl (C=O) groups is 1. The molecule has 0 spiro atoms. The molecule has 86 valence electrons. The zero-order valence-electron chi connectivity index (χ0n) is 9.05. The number of nitrogens with zero attached hydrogens (tertiary/aromatic N) is 2. The van der Waals surface area contributed by atoms with Crippen molar-refractivity contribution < 1.29 is 9.53 Å². The van der Waals surface area contributed by atoms with Gasteiger partial charge >= 0.3 is 5.97 Å². The van der Waals surface area contributed by atoms with Crippen LogP contribution in [-0.2, 0) is 4.74 Å². The molecule has 0 unspecified atom stereocenters. The van der Waals surface area contributed by atoms with E-state index in [2.05, 4.69) is 14.9 Å². The van der Waals surface area contributed by atoms with E-state index in [1.165, 1.54) is 7.11 Å². The van der Waals surface area contributed by atoms with Crippen LogP contribution in [0.25, 0.3) is 11.3 Å². The predicted molar refractivity (Wildman–Crippen MR) is 63.8 cm³/mol. The smallest absolute Gasteiger partial charge is 0.337 e. The van der Waals surface area contributed by atoms with E-state index in [1.807, 2.05) is 6.07 Å². The Bertz CT molecular complexity index is 540. The van der Waals surface area contributed by atoms with Crippen LogP contribution in [-0.4, -0.2) is 23.3 Å². The lowest BCUT2D eigenvalue weighted by Crippen LogP contribution is -2.01. The summed E-state index contributed by atoms with van der Waals surface area (Å²) < 4.78 is 4.65. The normalized spacial score (nSPS) is 10.0. The Morgan fingerprint density at radius 2 is 2.06 bits per heavy atom. The van der Waals surface area contributed by atoms with E-state index < -0.39 is 0 Å². The fraction of sp³-hybridized carbons (Fsp3) is 0.0833. The van der Waals surface area contributed by atoms with Crippen molar-refractivity contribution in [3.63, 3.8) is 0 Å². The molecule has 0 atom stereocenters. The zero-order valence-corrected chi connectivity index (χ0v) is 9.81. The number of benzene rings is 1. The third kappa shape index (κ3) is 2.60. The van der Waals surface area contributed by atoms with Crippen LogP contribution in [0.1, 0.15) is 10.4 Å². The molecule has 0 saturated carbocycles. The monoisotopic (exact) mass is 248 g/mol. The molecule has 5 heteroatoms. The maximum atomic E-state index is 11.4. The molecular weight excluding hydrogens is 240 g/mol. The summed E-state index contributed by atoms with van der Waals surface area (Å²) in [5, 5.41) is 8.02. The second kappa shape index (κ2) is 4.93. The van der Waals surface area contributed by atoms with Gasteiger partial charge in [-0.05, 0) is 24.3 Å². The Kier molecular flexibility index (Phi) is 3.35. The van der Waals surface area contributed by atoms with Crippen molar-refractivity contribution in [3.05, 3.63) is 47.1 Å². The topological polar surface area (TPSA) is 52.1 Å². The molecule has 0 bridgehead atoms. The highest BCUT2D eigenvalue weighted by Crippen LogP contribution is 2.18. The molecule has 0 fully saturated rings. The number of carbonyl (C=O) groups excluding carboxylic acids is 1. The number of halogens is 1. The maximum Gasteiger partial charge on any atom is 0.337 e. The van der Waals surface area contributed by atoms with Gasteiger partial charge in [-0.3, -0.25) is 0 Å². The molecule has 0 aliphatic rings. The van der Waals surface area contributed by atoms with Crippen LogP contribution in [0.5, 0.6) is 0 Å². The molecule has 2 aromatic rings. The highest BCUT2D eigenvalue weighted by molar-refractivity contribution is 6.29. The summed E-state index contributed by atoms with van der Waals surface area (Å²) >= 11 is 5.66. The molecule has 2 rings (SSSR count). The van der Waals surface area contributed by atoms with Crippen LogP contribution < -0.4 is 0 Å². The van der Waals surface area contributed by atoms with Crippen molar-refractivity contribution in [1.82, 2.24) is 10.2 Å². The maximum absolute atomic E-state index is 11.4. The minimum Gasteiger partial charge on any atom is -0.465 e. The molecular formula is C12H9ClN2O2. The average Bonchev–Trinajstić information content (AvgIpc) is 2.39. The molecule has 0 radical (unpaired) electrons. The third-order valence-corrected chi connectivity index (χ3v) is 2.41. The van der Waals surface area contributed by atoms with Gasteiger partial charge in [-0.1, -0.05) is 23.7 Å². The van der Waals surface area contributed by atoms with E-state index >= 15 is 0 Å². The van der Waals surface area contributed by atoms with Gasteiger partial charge in [-0.25, -0.2) is 4.79 Å². The molecule has 0 amide bonds. The van der Waals surface area contributed by atoms with E-state index in [0.29, 0.717) is 16.4 Å². The Balaban J connectivity index is 2.39. The Labute approximate surface area is 103 Å². The summed E-state index contributed by atoms with van der Waals surface area (Å²) in [4.78, 5) is 11.4. The summed E-state index contributed by atoms with van der Waals surface area (Å²) in [6.07, 6.45) is 0. The lowest BCUT2D eigenvalue weighted by molar-refractivity contribution is 0.0601. The van der Waals surface area contributed by atoms with Crippen molar-refractivity contribution in [2.75, 3.05) is 7.11 Å². The van der Waals surface area contributed by atoms with Crippen LogP contribution in [0.15, 0.2) is 36.4 Å². The highest BCUT2D eigenvalue weighted by Gasteiger charge is 2.07. The fourth-order valence-corrected chi connectivity index (χ4v) is 1.49. The molecule has 0 N–H and O–H groups in total. The molecule has 1 aromatic heterocycles. The summed E-state index contributed by atoms with van der Waals surface area (Å²) in [6, 6.07) is 10.4. The second-order valence-corrected chi connectivity index (χ2v) is 3.70. The first-order chi connectivity index (χ1) is 8.20. The van der Waals surface area contributed by atoms with Crippen molar-refractivity contribution in [3.8, 4) is 11.3 Å². The largest absolute Gasteiger partial charge is 0.465 e. The number of aromatic nitrogens is 2. The first-order valence-electron chi connectivity index (χ1n) is 4.88. The molecule has 0 aliphatic carbocycles. The molecule has 17 heavy (non-hydrogen) atoms. The van der Waals surface area contributed by atoms with Crippen LogP contribution >= 0.6 is 11.6 Å². The minimum absolute atomic E-state index is 0.331. The summed E-state index contributed by atoms with van der Waals surface area (Å²) in [7, 11) is 1.34. The van der Waals surface area contributed by atoms with Gasteiger partial charge in [0.25, 0.3) is 0 Å². The second-order valence-electron chi connectivity index (χ2n) is 3.31. The summed E-state index contributed by atoms with van der Waals surface area (Å²) in [5.41, 5.74) is 1.92. The van der Waals surface area contributed by atoms with E-state index in [4.69, 9.17) is 11.6 Å². The molecule has 4 nitrogen and oxygen atoms in total. The Morgan fingerprint density at radius 1 is 1.24 bits per heavy atom. The molecule has 0 saturated heterocycles. The number of methoxy groups -OCH3 is 1. The van der Waals surface area contributed by atoms with E-state index in [-0.39, 0.29) is 5.97 Å². The summed E-state index contributed by atoms with van der Waals surface area (Å²) in [5.74, 6) is -0.381. The van der Waals surface area contributed by atoms with Gasteiger partial charge in [0.1, 0.15) is 0 Å². The number of hydrogen-bond acceptors (Lipinski definition) is 4. The van der Waals surface area contributed by atoms with Crippen molar-refractivity contribution in [2.24, 2.45) is 0 Å². The third-order valence-electron chi connectivity index (χ3n) is 2.21. The van der Waals surface area contributed by atoms with Crippen LogP contribution in [0.4, 0.5) is 0 Å². The van der Waals surface area contributed by atoms with Gasteiger partial charge in [0, 0.05) is 5.56 Å². The molecule has 1 aromatic carbocycles. The fourth-order valence-electron chi connectivity index (χ4n) is 1.39. The predicted octanol–water partition coefficient (Wildman–Crippen LogP) is 2.58. The van der Waals surface area contributed by atoms with Gasteiger partial charge in [0.15, 0.2) is 5.15 Å². The number of hydrogen-bond donors (Lipinski definition) is 0. The average molecular weight is 249 g/mol. The van der Waals surface area contributed by atoms with Gasteiger partial charge in [0.2, 0.25) is 0 Å². The SMILES string of the molecule is COC(=O)c1cccc(-c2ccc(Cl)nn2)c1. The number of esters is 1. The quantitative estimate of drug-likeness (QED) is 0.767. The van der Waals surface area contributed by atoms with Gasteiger partial charge in [-0.2, -0.15) is 0 Å². The lowest BCUT2D eigenvalue weighted by atomic mass is 10.1. The number of ether oxygens (including phenoxy) is 1. The zero-order chi connectivity index (χ0) is 12.3. The first kappa shape index (κ1) is 11.5. The van der Waals surface area contributed by atoms with E-state index in [0.717, 1.165) is 5.56 Å². The van der Waals surface area contributed by atoms with Crippen molar-refractivity contribution >= 4 is 17.6 Å². The standard InChI is InChI=1S/C12H9ClN2O2/c1-17-12(16)9-4-2-3-8(7-9)10-5-6-11(13)15-14-10/h2-7H,1H3. The first-order valence-corrected chi connectivity index (χ1v) is 5.26. The Morgan fingerprint density at radius 3 is 2.71 bits per heavy atom. The van der Waals surface area contributed by atoms with E-state index in [1.54, 1.807) is 30.3 Å². The van der Waals surface area contributed by atoms with E-state index in [9.17, 15) is 4.79 Å². The Hall–Kier alpha value is -1.94. The van der Waals surface area contributed by atoms with Gasteiger partial charge < -0.3 is 4.74 Å². The number of rotatable bonds is 2. The molecule has 0 aliphatic heterocycles. The molecule has 1 heterocycles. The van der Waals surface area contributed by atoms with Crippen molar-refractivity contribution in [2.45, 2.75) is 0 Å². The van der Waals surface area contributed by atoms with Crippen LogP contribution in [0.3, 0.4) is 0 Å². The van der Waals surface area contributed by atoms with Gasteiger partial charge in [0.05, 0.1) is 18.4 Å². The highest BCUT2D eigenvalue weighted by atomic mass is 35.5. The summed E-state index contributed by atoms with van der Waals surface area (Å²) in [6.45, 7) is 0. The van der Waals surface area contributed by atoms with Crippen LogP contribution in [0.2, 0.25) is 5.15 Å². The van der Waals surface area contributed by atoms with Gasteiger partial charge in [-0.15, -0.1) is 10.2 Å². The lowest BCUT2D eigenvalue weighted by Gasteiger charge is -2.03. The van der Waals surface area contributed by atoms with Crippen molar-refractivity contribution in [1.29, 1.82) is 0 Å².